The van der Waals surface area contributed by atoms with Gasteiger partial charge in [-0.2, -0.15) is 0 Å². The molecule has 0 radical (unpaired) electrons. The number of halogens is 2. The van der Waals surface area contributed by atoms with Crippen molar-refractivity contribution in [3.05, 3.63) is 70.0 Å². The third-order valence-corrected chi connectivity index (χ3v) is 3.60. The first kappa shape index (κ1) is 17.9. The minimum absolute atomic E-state index is 0.279. The van der Waals surface area contributed by atoms with Crippen molar-refractivity contribution in [3.63, 3.8) is 0 Å². The van der Waals surface area contributed by atoms with Gasteiger partial charge in [-0.3, -0.25) is 4.79 Å². The Kier molecular flexibility index (Phi) is 6.26. The Morgan fingerprint density at radius 2 is 1.88 bits per heavy atom. The third kappa shape index (κ3) is 5.03. The van der Waals surface area contributed by atoms with Gasteiger partial charge in [0, 0.05) is 21.7 Å². The highest BCUT2D eigenvalue weighted by Gasteiger charge is 2.09. The van der Waals surface area contributed by atoms with Crippen LogP contribution in [0.4, 0.5) is 4.39 Å². The number of esters is 1. The molecule has 2 aromatic carbocycles. The fourth-order valence-electron chi connectivity index (χ4n) is 1.90. The molecule has 0 aromatic heterocycles. The lowest BCUT2D eigenvalue weighted by atomic mass is 10.1. The van der Waals surface area contributed by atoms with Crippen molar-refractivity contribution in [2.75, 3.05) is 13.7 Å². The van der Waals surface area contributed by atoms with Gasteiger partial charge in [0.2, 0.25) is 0 Å². The Morgan fingerprint density at radius 3 is 2.54 bits per heavy atom. The van der Waals surface area contributed by atoms with Gasteiger partial charge >= 0.3 is 5.97 Å². The van der Waals surface area contributed by atoms with E-state index in [0.717, 1.165) is 4.47 Å². The zero-order valence-corrected chi connectivity index (χ0v) is 14.4. The molecule has 0 aliphatic carbocycles. The van der Waals surface area contributed by atoms with Crippen LogP contribution in [0.25, 0.3) is 6.08 Å². The highest BCUT2D eigenvalue weighted by molar-refractivity contribution is 9.10. The second-order valence-corrected chi connectivity index (χ2v) is 5.67. The summed E-state index contributed by atoms with van der Waals surface area (Å²) in [6.45, 7) is -0.412. The number of methoxy groups -OCH3 is 1. The lowest BCUT2D eigenvalue weighted by molar-refractivity contribution is -0.136. The van der Waals surface area contributed by atoms with Gasteiger partial charge in [0.15, 0.2) is 12.4 Å². The van der Waals surface area contributed by atoms with Gasteiger partial charge in [0.25, 0.3) is 0 Å². The summed E-state index contributed by atoms with van der Waals surface area (Å²) < 4.78 is 23.7. The van der Waals surface area contributed by atoms with E-state index in [-0.39, 0.29) is 5.56 Å². The molecule has 0 atom stereocenters. The zero-order chi connectivity index (χ0) is 17.5. The molecule has 0 fully saturated rings. The van der Waals surface area contributed by atoms with Crippen molar-refractivity contribution in [1.29, 1.82) is 0 Å². The highest BCUT2D eigenvalue weighted by atomic mass is 79.9. The van der Waals surface area contributed by atoms with Crippen LogP contribution in [0.15, 0.2) is 53.0 Å². The van der Waals surface area contributed by atoms with E-state index < -0.39 is 24.2 Å². The lowest BCUT2D eigenvalue weighted by Crippen LogP contribution is -2.12. The summed E-state index contributed by atoms with van der Waals surface area (Å²) in [7, 11) is 1.53. The number of Topliss-reactive ketones (excluding diaryl/α,β-unsaturated/α-hetero) is 1. The predicted molar refractivity (Wildman–Crippen MR) is 91.4 cm³/mol. The maximum absolute atomic E-state index is 12.8. The summed E-state index contributed by atoms with van der Waals surface area (Å²) >= 11 is 3.34. The number of rotatable bonds is 6. The van der Waals surface area contributed by atoms with Gasteiger partial charge < -0.3 is 9.47 Å². The van der Waals surface area contributed by atoms with Crippen LogP contribution >= 0.6 is 15.9 Å². The summed E-state index contributed by atoms with van der Waals surface area (Å²) in [4.78, 5) is 23.5. The molecule has 0 amide bonds. The number of benzene rings is 2. The average Bonchev–Trinajstić information content (AvgIpc) is 2.58. The molecule has 2 aromatic rings. The summed E-state index contributed by atoms with van der Waals surface area (Å²) in [5.74, 6) is -0.900. The number of hydrogen-bond donors (Lipinski definition) is 0. The summed E-state index contributed by atoms with van der Waals surface area (Å²) in [6, 6.07) is 10.4. The van der Waals surface area contributed by atoms with E-state index >= 15 is 0 Å². The predicted octanol–water partition coefficient (Wildman–Crippen LogP) is 4.04. The number of carbonyl (C=O) groups is 2. The summed E-state index contributed by atoms with van der Waals surface area (Å²) in [5, 5.41) is 0. The van der Waals surface area contributed by atoms with Crippen molar-refractivity contribution < 1.29 is 23.5 Å². The largest absolute Gasteiger partial charge is 0.496 e. The van der Waals surface area contributed by atoms with Crippen LogP contribution in [-0.4, -0.2) is 25.5 Å². The topological polar surface area (TPSA) is 52.6 Å². The standard InChI is InChI=1S/C18H14BrFO4/c1-23-17-8-5-14(19)10-13(17)4-9-18(22)24-11-16(21)12-2-6-15(20)7-3-12/h2-10H,11H2,1H3/b9-4+. The molecule has 0 aliphatic heterocycles. The highest BCUT2D eigenvalue weighted by Crippen LogP contribution is 2.24. The van der Waals surface area contributed by atoms with Gasteiger partial charge in [-0.15, -0.1) is 0 Å². The van der Waals surface area contributed by atoms with Gasteiger partial charge in [-0.05, 0) is 48.5 Å². The quantitative estimate of drug-likeness (QED) is 0.423. The van der Waals surface area contributed by atoms with Crippen LogP contribution in [0.1, 0.15) is 15.9 Å². The first-order valence-corrected chi connectivity index (χ1v) is 7.76. The van der Waals surface area contributed by atoms with Gasteiger partial charge in [0.05, 0.1) is 7.11 Å². The Hall–Kier alpha value is -2.47. The van der Waals surface area contributed by atoms with Crippen molar-refractivity contribution in [3.8, 4) is 5.75 Å². The molecule has 6 heteroatoms. The maximum atomic E-state index is 12.8. The van der Waals surface area contributed by atoms with E-state index in [4.69, 9.17) is 9.47 Å². The van der Waals surface area contributed by atoms with E-state index in [2.05, 4.69) is 15.9 Å². The molecule has 0 unspecified atom stereocenters. The number of ketones is 1. The Labute approximate surface area is 147 Å². The molecular formula is C18H14BrFO4. The SMILES string of the molecule is COc1ccc(Br)cc1/C=C/C(=O)OCC(=O)c1ccc(F)cc1. The van der Waals surface area contributed by atoms with E-state index in [9.17, 15) is 14.0 Å². The normalized spacial score (nSPS) is 10.6. The van der Waals surface area contributed by atoms with Crippen LogP contribution < -0.4 is 4.74 Å². The first-order valence-electron chi connectivity index (χ1n) is 6.97. The second-order valence-electron chi connectivity index (χ2n) is 4.76. The fraction of sp³-hybridized carbons (Fsp3) is 0.111. The van der Waals surface area contributed by atoms with Crippen LogP contribution in [0, 0.1) is 5.82 Å². The minimum atomic E-state index is -0.660. The smallest absolute Gasteiger partial charge is 0.331 e. The molecule has 4 nitrogen and oxygen atoms in total. The van der Waals surface area contributed by atoms with Crippen LogP contribution in [0.2, 0.25) is 0 Å². The van der Waals surface area contributed by atoms with Crippen LogP contribution in [0.3, 0.4) is 0 Å². The first-order chi connectivity index (χ1) is 11.5. The second kappa shape index (κ2) is 8.40. The number of carbonyl (C=O) groups excluding carboxylic acids is 2. The molecule has 0 bridgehead atoms. The van der Waals surface area contributed by atoms with Gasteiger partial charge in [-0.1, -0.05) is 15.9 Å². The molecule has 0 spiro atoms. The van der Waals surface area contributed by atoms with E-state index in [0.29, 0.717) is 11.3 Å². The Morgan fingerprint density at radius 1 is 1.17 bits per heavy atom. The van der Waals surface area contributed by atoms with Crippen molar-refractivity contribution in [1.82, 2.24) is 0 Å². The monoisotopic (exact) mass is 392 g/mol. The molecule has 0 aliphatic rings. The molecule has 0 saturated carbocycles. The van der Waals surface area contributed by atoms with Gasteiger partial charge in [0.1, 0.15) is 11.6 Å². The molecular weight excluding hydrogens is 379 g/mol. The van der Waals surface area contributed by atoms with Crippen LogP contribution in [-0.2, 0) is 9.53 Å². The Balaban J connectivity index is 1.94. The third-order valence-electron chi connectivity index (χ3n) is 3.10. The van der Waals surface area contributed by atoms with Gasteiger partial charge in [-0.25, -0.2) is 9.18 Å². The van der Waals surface area contributed by atoms with Crippen molar-refractivity contribution >= 4 is 33.8 Å². The number of hydrogen-bond acceptors (Lipinski definition) is 4. The number of ether oxygens (including phenoxy) is 2. The minimum Gasteiger partial charge on any atom is -0.496 e. The molecule has 0 heterocycles. The summed E-state index contributed by atoms with van der Waals surface area (Å²) in [6.07, 6.45) is 2.75. The molecule has 24 heavy (non-hydrogen) atoms. The molecule has 2 rings (SSSR count). The molecule has 0 saturated heterocycles. The van der Waals surface area contributed by atoms with Crippen LogP contribution in [0.5, 0.6) is 5.75 Å². The molecule has 124 valence electrons. The van der Waals surface area contributed by atoms with E-state index in [1.165, 1.54) is 43.5 Å². The molecule has 0 N–H and O–H groups in total. The summed E-state index contributed by atoms with van der Waals surface area (Å²) in [5.41, 5.74) is 0.968. The van der Waals surface area contributed by atoms with E-state index in [1.807, 2.05) is 6.07 Å². The zero-order valence-electron chi connectivity index (χ0n) is 12.8. The average molecular weight is 393 g/mol. The van der Waals surface area contributed by atoms with Crippen molar-refractivity contribution in [2.24, 2.45) is 0 Å². The maximum Gasteiger partial charge on any atom is 0.331 e. The lowest BCUT2D eigenvalue weighted by Gasteiger charge is -2.05. The fourth-order valence-corrected chi connectivity index (χ4v) is 2.28. The van der Waals surface area contributed by atoms with Crippen molar-refractivity contribution in [2.45, 2.75) is 0 Å². The Bertz CT molecular complexity index is 769. The van der Waals surface area contributed by atoms with E-state index in [1.54, 1.807) is 12.1 Å².